The predicted molar refractivity (Wildman–Crippen MR) is 139 cm³/mol. The largest absolute Gasteiger partial charge is 0.416 e. The van der Waals surface area contributed by atoms with Crippen LogP contribution in [0.4, 0.5) is 19.0 Å². The molecule has 2 aromatic heterocycles. The monoisotopic (exact) mass is 525 g/mol. The quantitative estimate of drug-likeness (QED) is 0.307. The Morgan fingerprint density at radius 2 is 1.89 bits per heavy atom. The highest BCUT2D eigenvalue weighted by Gasteiger charge is 2.30. The van der Waals surface area contributed by atoms with Crippen LogP contribution >= 0.6 is 11.8 Å². The lowest BCUT2D eigenvalue weighted by Gasteiger charge is -2.33. The molecule has 2 aromatic carbocycles. The molecular formula is C27H26F3N5OS. The van der Waals surface area contributed by atoms with Crippen molar-refractivity contribution in [1.29, 1.82) is 0 Å². The van der Waals surface area contributed by atoms with Crippen molar-refractivity contribution in [3.05, 3.63) is 72.1 Å². The van der Waals surface area contributed by atoms with Gasteiger partial charge in [0.2, 0.25) is 5.91 Å². The number of rotatable bonds is 6. The van der Waals surface area contributed by atoms with E-state index in [1.165, 1.54) is 23.4 Å². The Morgan fingerprint density at radius 1 is 1.14 bits per heavy atom. The molecule has 4 aromatic rings. The maximum Gasteiger partial charge on any atom is 0.416 e. The van der Waals surface area contributed by atoms with Gasteiger partial charge in [0, 0.05) is 30.2 Å². The van der Waals surface area contributed by atoms with E-state index in [-0.39, 0.29) is 11.8 Å². The highest BCUT2D eigenvalue weighted by molar-refractivity contribution is 7.98. The molecular weight excluding hydrogens is 499 g/mol. The molecule has 1 atom stereocenters. The maximum absolute atomic E-state index is 13.0. The smallest absolute Gasteiger partial charge is 0.354 e. The number of hydrogen-bond donors (Lipinski definition) is 2. The van der Waals surface area contributed by atoms with E-state index in [0.717, 1.165) is 37.1 Å². The van der Waals surface area contributed by atoms with Gasteiger partial charge in [-0.25, -0.2) is 9.97 Å². The molecule has 0 radical (unpaired) electrons. The van der Waals surface area contributed by atoms with Crippen molar-refractivity contribution in [2.45, 2.75) is 30.5 Å². The number of halogens is 3. The molecule has 0 bridgehead atoms. The van der Waals surface area contributed by atoms with Crippen LogP contribution in [0, 0.1) is 5.92 Å². The number of carbonyl (C=O) groups excluding carboxylic acids is 1. The van der Waals surface area contributed by atoms with E-state index in [1.807, 2.05) is 30.5 Å². The van der Waals surface area contributed by atoms with Gasteiger partial charge in [0.1, 0.15) is 11.8 Å². The third-order valence-corrected chi connectivity index (χ3v) is 7.38. The molecule has 0 spiro atoms. The van der Waals surface area contributed by atoms with Crippen LogP contribution in [0.5, 0.6) is 0 Å². The summed E-state index contributed by atoms with van der Waals surface area (Å²) < 4.78 is 38.8. The molecule has 37 heavy (non-hydrogen) atoms. The fourth-order valence-electron chi connectivity index (χ4n) is 4.62. The molecule has 10 heteroatoms. The number of nitrogens with one attached hydrogen (secondary N) is 2. The van der Waals surface area contributed by atoms with Crippen LogP contribution < -0.4 is 10.2 Å². The average Bonchev–Trinajstić information content (AvgIpc) is 3.36. The molecule has 0 aliphatic carbocycles. The van der Waals surface area contributed by atoms with Crippen LogP contribution in [0.2, 0.25) is 0 Å². The first-order valence-corrected chi connectivity index (χ1v) is 13.2. The van der Waals surface area contributed by atoms with Gasteiger partial charge >= 0.3 is 6.18 Å². The third-order valence-electron chi connectivity index (χ3n) is 6.64. The first-order valence-electron chi connectivity index (χ1n) is 12.0. The van der Waals surface area contributed by atoms with Crippen molar-refractivity contribution in [2.75, 3.05) is 24.2 Å². The minimum Gasteiger partial charge on any atom is -0.354 e. The van der Waals surface area contributed by atoms with Crippen LogP contribution in [0.15, 0.2) is 65.8 Å². The Balaban J connectivity index is 1.30. The van der Waals surface area contributed by atoms with Crippen molar-refractivity contribution in [1.82, 2.24) is 20.3 Å². The molecule has 0 saturated carbocycles. The molecule has 5 rings (SSSR count). The fourth-order valence-corrected chi connectivity index (χ4v) is 5.03. The van der Waals surface area contributed by atoms with E-state index in [2.05, 4.69) is 25.2 Å². The Hall–Kier alpha value is -3.53. The van der Waals surface area contributed by atoms with Gasteiger partial charge in [0.15, 0.2) is 5.82 Å². The van der Waals surface area contributed by atoms with E-state index < -0.39 is 11.7 Å². The van der Waals surface area contributed by atoms with E-state index in [9.17, 15) is 18.0 Å². The van der Waals surface area contributed by atoms with Crippen molar-refractivity contribution in [3.8, 4) is 11.3 Å². The van der Waals surface area contributed by atoms with Crippen molar-refractivity contribution < 1.29 is 18.0 Å². The summed E-state index contributed by atoms with van der Waals surface area (Å²) in [7, 11) is 0. The number of benzene rings is 2. The second-order valence-corrected chi connectivity index (χ2v) is 9.95. The van der Waals surface area contributed by atoms with E-state index in [1.54, 1.807) is 17.8 Å². The number of fused-ring (bicyclic) bond motifs is 1. The Labute approximate surface area is 216 Å². The number of carbonyl (C=O) groups is 1. The normalized spacial score (nSPS) is 16.2. The first-order chi connectivity index (χ1) is 17.8. The second-order valence-electron chi connectivity index (χ2n) is 9.07. The number of amides is 1. The van der Waals surface area contributed by atoms with Crippen LogP contribution in [-0.2, 0) is 17.5 Å². The summed E-state index contributed by atoms with van der Waals surface area (Å²) in [6, 6.07) is 15.0. The Morgan fingerprint density at radius 3 is 2.59 bits per heavy atom. The van der Waals surface area contributed by atoms with Crippen molar-refractivity contribution >= 4 is 34.5 Å². The molecule has 1 amide bonds. The van der Waals surface area contributed by atoms with Gasteiger partial charge in [-0.2, -0.15) is 13.2 Å². The number of anilines is 1. The van der Waals surface area contributed by atoms with Gasteiger partial charge in [-0.15, -0.1) is 11.8 Å². The zero-order chi connectivity index (χ0) is 26.0. The van der Waals surface area contributed by atoms with Gasteiger partial charge in [-0.1, -0.05) is 24.3 Å². The summed E-state index contributed by atoms with van der Waals surface area (Å²) in [6.07, 6.45) is 0.763. The standard InChI is InChI=1S/C27H26F3N5OS/c1-37-21-10-4-17(5-11-21)14-31-26(36)19-3-2-12-35(15-19)25-24-23(32-16-33-25)13-22(34-24)18-6-8-20(9-7-18)27(28,29)30/h4-11,13,16,19,34H,2-3,12,14-15H2,1H3,(H,31,36)/t19-/m0/s1. The van der Waals surface area contributed by atoms with Gasteiger partial charge in [-0.05, 0) is 60.6 Å². The number of nitrogens with zero attached hydrogens (tertiary/aromatic N) is 3. The Bertz CT molecular complexity index is 1390. The number of H-pyrrole nitrogens is 1. The highest BCUT2D eigenvalue weighted by atomic mass is 32.2. The predicted octanol–water partition coefficient (Wildman–Crippen LogP) is 5.90. The lowest BCUT2D eigenvalue weighted by Crippen LogP contribution is -2.43. The zero-order valence-corrected chi connectivity index (χ0v) is 21.0. The van der Waals surface area contributed by atoms with Crippen LogP contribution in [0.25, 0.3) is 22.3 Å². The Kier molecular flexibility index (Phi) is 7.10. The number of aromatic nitrogens is 3. The summed E-state index contributed by atoms with van der Waals surface area (Å²) in [6.45, 7) is 1.76. The van der Waals surface area contributed by atoms with E-state index in [4.69, 9.17) is 0 Å². The van der Waals surface area contributed by atoms with Crippen LogP contribution in [-0.4, -0.2) is 40.2 Å². The molecule has 2 N–H and O–H groups in total. The molecule has 1 saturated heterocycles. The lowest BCUT2D eigenvalue weighted by atomic mass is 9.97. The molecule has 1 aliphatic heterocycles. The topological polar surface area (TPSA) is 73.9 Å². The van der Waals surface area contributed by atoms with Crippen molar-refractivity contribution in [3.63, 3.8) is 0 Å². The second kappa shape index (κ2) is 10.5. The van der Waals surface area contributed by atoms with Gasteiger partial charge in [0.25, 0.3) is 0 Å². The number of piperidine rings is 1. The molecule has 0 unspecified atom stereocenters. The van der Waals surface area contributed by atoms with Crippen LogP contribution in [0.1, 0.15) is 24.0 Å². The summed E-state index contributed by atoms with van der Waals surface area (Å²) in [5, 5.41) is 3.06. The summed E-state index contributed by atoms with van der Waals surface area (Å²) in [5.74, 6) is 0.530. The minimum absolute atomic E-state index is 0.0147. The molecule has 6 nitrogen and oxygen atoms in total. The molecule has 3 heterocycles. The first kappa shape index (κ1) is 25.1. The number of thioether (sulfide) groups is 1. The van der Waals surface area contributed by atoms with Gasteiger partial charge in [-0.3, -0.25) is 4.79 Å². The molecule has 192 valence electrons. The summed E-state index contributed by atoms with van der Waals surface area (Å²) in [4.78, 5) is 28.3. The van der Waals surface area contributed by atoms with Gasteiger partial charge < -0.3 is 15.2 Å². The minimum atomic E-state index is -4.38. The van der Waals surface area contributed by atoms with Crippen LogP contribution in [0.3, 0.4) is 0 Å². The average molecular weight is 526 g/mol. The summed E-state index contributed by atoms with van der Waals surface area (Å²) >= 11 is 1.68. The highest BCUT2D eigenvalue weighted by Crippen LogP contribution is 2.33. The molecule has 1 fully saturated rings. The van der Waals surface area contributed by atoms with E-state index >= 15 is 0 Å². The lowest BCUT2D eigenvalue weighted by molar-refractivity contribution is -0.137. The third kappa shape index (κ3) is 5.58. The van der Waals surface area contributed by atoms with Gasteiger partial charge in [0.05, 0.1) is 17.0 Å². The number of hydrogen-bond acceptors (Lipinski definition) is 5. The SMILES string of the molecule is CSc1ccc(CNC(=O)[C@H]2CCCN(c3ncnc4cc(-c5ccc(C(F)(F)F)cc5)[nH]c34)C2)cc1. The number of alkyl halides is 3. The number of aromatic amines is 1. The zero-order valence-electron chi connectivity index (χ0n) is 20.2. The summed E-state index contributed by atoms with van der Waals surface area (Å²) in [5.41, 5.74) is 3.01. The molecule has 1 aliphatic rings. The van der Waals surface area contributed by atoms with Crippen molar-refractivity contribution in [2.24, 2.45) is 5.92 Å². The fraction of sp³-hybridized carbons (Fsp3) is 0.296. The maximum atomic E-state index is 13.0. The van der Waals surface area contributed by atoms with E-state index in [0.29, 0.717) is 41.2 Å².